The molecule has 6 heteroatoms. The highest BCUT2D eigenvalue weighted by Gasteiger charge is 2.12. The van der Waals surface area contributed by atoms with E-state index in [0.29, 0.717) is 0 Å². The molecule has 0 atom stereocenters. The van der Waals surface area contributed by atoms with E-state index < -0.39 is 10.0 Å². The third kappa shape index (κ3) is 3.25. The average Bonchev–Trinajstić information content (AvgIpc) is 2.18. The highest BCUT2D eigenvalue weighted by Crippen LogP contribution is 2.10. The number of nitrogens with zero attached hydrogens (tertiary/aromatic N) is 1. The van der Waals surface area contributed by atoms with Crippen molar-refractivity contribution in [1.29, 1.82) is 0 Å². The molecule has 0 saturated heterocycles. The van der Waals surface area contributed by atoms with Gasteiger partial charge in [0.25, 0.3) is 16.0 Å². The van der Waals surface area contributed by atoms with Gasteiger partial charge in [0.2, 0.25) is 0 Å². The van der Waals surface area contributed by atoms with Crippen molar-refractivity contribution in [3.8, 4) is 0 Å². The number of rotatable bonds is 3. The fourth-order valence-electron chi connectivity index (χ4n) is 0.938. The Bertz CT molecular complexity index is 440. The number of amidine groups is 1. The monoisotopic (exact) mass is 228 g/mol. The molecule has 15 heavy (non-hydrogen) atoms. The normalized spacial score (nSPS) is 12.5. The first kappa shape index (κ1) is 11.5. The fraction of sp³-hybridized carbons (Fsp3) is 0.222. The maximum atomic E-state index is 11.6. The smallest absolute Gasteiger partial charge is 0.298 e. The summed E-state index contributed by atoms with van der Waals surface area (Å²) in [5, 5.41) is 0. The minimum absolute atomic E-state index is 0.0904. The van der Waals surface area contributed by atoms with Crippen LogP contribution < -0.4 is 5.73 Å². The lowest BCUT2D eigenvalue weighted by Gasteiger charge is -2.01. The van der Waals surface area contributed by atoms with Crippen molar-refractivity contribution < 1.29 is 13.2 Å². The molecule has 0 aromatic heterocycles. The second kappa shape index (κ2) is 4.79. The summed E-state index contributed by atoms with van der Waals surface area (Å²) >= 11 is 0. The molecule has 1 rings (SSSR count). The molecular formula is C9H12N2O3S. The quantitative estimate of drug-likeness (QED) is 0.610. The Hall–Kier alpha value is -1.56. The van der Waals surface area contributed by atoms with Crippen molar-refractivity contribution >= 4 is 16.0 Å². The maximum Gasteiger partial charge on any atom is 0.298 e. The molecule has 0 aliphatic carbocycles. The van der Waals surface area contributed by atoms with Crippen molar-refractivity contribution in [2.45, 2.75) is 11.8 Å². The standard InChI is InChI=1S/C9H12N2O3S/c1-2-14-9(10)11-15(12,13)8-6-4-3-5-7-8/h3-7H,2H2,1H3,(H2,10,11). The molecule has 2 N–H and O–H groups in total. The zero-order chi connectivity index (χ0) is 11.3. The molecule has 1 aromatic rings. The van der Waals surface area contributed by atoms with Crippen molar-refractivity contribution in [3.05, 3.63) is 30.3 Å². The van der Waals surface area contributed by atoms with Gasteiger partial charge in [0.15, 0.2) is 0 Å². The Labute approximate surface area is 88.6 Å². The molecule has 0 unspecified atom stereocenters. The number of benzene rings is 1. The predicted molar refractivity (Wildman–Crippen MR) is 56.9 cm³/mol. The lowest BCUT2D eigenvalue weighted by Crippen LogP contribution is -2.18. The zero-order valence-electron chi connectivity index (χ0n) is 8.25. The van der Waals surface area contributed by atoms with Gasteiger partial charge in [-0.2, -0.15) is 8.42 Å². The number of nitrogens with two attached hydrogens (primary N) is 1. The van der Waals surface area contributed by atoms with E-state index in [-0.39, 0.29) is 17.5 Å². The Morgan fingerprint density at radius 2 is 2.00 bits per heavy atom. The second-order valence-corrected chi connectivity index (χ2v) is 4.25. The second-order valence-electron chi connectivity index (χ2n) is 2.65. The van der Waals surface area contributed by atoms with Gasteiger partial charge < -0.3 is 10.5 Å². The minimum Gasteiger partial charge on any atom is -0.465 e. The fourth-order valence-corrected chi connectivity index (χ4v) is 1.83. The van der Waals surface area contributed by atoms with Gasteiger partial charge in [-0.3, -0.25) is 0 Å². The lowest BCUT2D eigenvalue weighted by molar-refractivity contribution is 0.323. The van der Waals surface area contributed by atoms with E-state index in [1.54, 1.807) is 25.1 Å². The molecule has 82 valence electrons. The van der Waals surface area contributed by atoms with Crippen molar-refractivity contribution in [2.24, 2.45) is 10.1 Å². The Morgan fingerprint density at radius 1 is 1.40 bits per heavy atom. The third-order valence-corrected chi connectivity index (χ3v) is 2.83. The van der Waals surface area contributed by atoms with Crippen LogP contribution in [0.5, 0.6) is 0 Å². The van der Waals surface area contributed by atoms with Gasteiger partial charge in [-0.25, -0.2) is 0 Å². The van der Waals surface area contributed by atoms with Crippen LogP contribution in [0.4, 0.5) is 0 Å². The summed E-state index contributed by atoms with van der Waals surface area (Å²) < 4.78 is 31.2. The molecular weight excluding hydrogens is 216 g/mol. The number of hydrogen-bond donors (Lipinski definition) is 1. The van der Waals surface area contributed by atoms with E-state index in [9.17, 15) is 8.42 Å². The first-order chi connectivity index (χ1) is 7.06. The molecule has 0 heterocycles. The molecule has 0 bridgehead atoms. The summed E-state index contributed by atoms with van der Waals surface area (Å²) in [4.78, 5) is 0.0904. The molecule has 0 fully saturated rings. The largest absolute Gasteiger partial charge is 0.465 e. The van der Waals surface area contributed by atoms with E-state index in [0.717, 1.165) is 0 Å². The van der Waals surface area contributed by atoms with Gasteiger partial charge in [-0.05, 0) is 19.1 Å². The van der Waals surface area contributed by atoms with Crippen LogP contribution in [0.1, 0.15) is 6.92 Å². The molecule has 0 radical (unpaired) electrons. The summed E-state index contributed by atoms with van der Waals surface area (Å²) in [6.07, 6.45) is 0. The number of ether oxygens (including phenoxy) is 1. The molecule has 0 saturated carbocycles. The van der Waals surface area contributed by atoms with Crippen LogP contribution in [0.3, 0.4) is 0 Å². The molecule has 0 amide bonds. The van der Waals surface area contributed by atoms with E-state index in [2.05, 4.69) is 4.40 Å². The summed E-state index contributed by atoms with van der Waals surface area (Å²) in [7, 11) is -3.74. The van der Waals surface area contributed by atoms with Crippen LogP contribution in [-0.4, -0.2) is 21.0 Å². The van der Waals surface area contributed by atoms with Crippen molar-refractivity contribution in [3.63, 3.8) is 0 Å². The van der Waals surface area contributed by atoms with Crippen LogP contribution >= 0.6 is 0 Å². The van der Waals surface area contributed by atoms with E-state index >= 15 is 0 Å². The number of sulfonamides is 1. The molecule has 0 aliphatic rings. The summed E-state index contributed by atoms with van der Waals surface area (Å²) in [6, 6.07) is 7.48. The predicted octanol–water partition coefficient (Wildman–Crippen LogP) is 0.726. The highest BCUT2D eigenvalue weighted by molar-refractivity contribution is 7.90. The van der Waals surface area contributed by atoms with E-state index in [1.807, 2.05) is 0 Å². The van der Waals surface area contributed by atoms with E-state index in [4.69, 9.17) is 10.5 Å². The van der Waals surface area contributed by atoms with Gasteiger partial charge in [0.05, 0.1) is 11.5 Å². The van der Waals surface area contributed by atoms with Gasteiger partial charge in [0.1, 0.15) is 0 Å². The molecule has 5 nitrogen and oxygen atoms in total. The molecule has 0 aliphatic heterocycles. The first-order valence-corrected chi connectivity index (χ1v) is 5.78. The Balaban J connectivity index is 3.00. The van der Waals surface area contributed by atoms with Crippen LogP contribution in [0, 0.1) is 0 Å². The average molecular weight is 228 g/mol. The summed E-state index contributed by atoms with van der Waals surface area (Å²) in [6.45, 7) is 1.97. The Morgan fingerprint density at radius 3 is 2.53 bits per heavy atom. The van der Waals surface area contributed by atoms with Crippen LogP contribution in [-0.2, 0) is 14.8 Å². The molecule has 0 spiro atoms. The van der Waals surface area contributed by atoms with Gasteiger partial charge in [-0.1, -0.05) is 18.2 Å². The highest BCUT2D eigenvalue weighted by atomic mass is 32.2. The van der Waals surface area contributed by atoms with Crippen LogP contribution in [0.15, 0.2) is 39.6 Å². The van der Waals surface area contributed by atoms with Gasteiger partial charge in [0, 0.05) is 0 Å². The van der Waals surface area contributed by atoms with Gasteiger partial charge >= 0.3 is 0 Å². The van der Waals surface area contributed by atoms with Crippen LogP contribution in [0.25, 0.3) is 0 Å². The number of hydrogen-bond acceptors (Lipinski definition) is 3. The van der Waals surface area contributed by atoms with E-state index in [1.165, 1.54) is 12.1 Å². The Kier molecular flexibility index (Phi) is 3.68. The molecule has 1 aromatic carbocycles. The lowest BCUT2D eigenvalue weighted by atomic mass is 10.4. The van der Waals surface area contributed by atoms with Crippen LogP contribution in [0.2, 0.25) is 0 Å². The topological polar surface area (TPSA) is 81.8 Å². The first-order valence-electron chi connectivity index (χ1n) is 4.34. The van der Waals surface area contributed by atoms with Crippen molar-refractivity contribution in [1.82, 2.24) is 0 Å². The summed E-state index contributed by atoms with van der Waals surface area (Å²) in [5.41, 5.74) is 5.26. The van der Waals surface area contributed by atoms with Gasteiger partial charge in [-0.15, -0.1) is 4.40 Å². The zero-order valence-corrected chi connectivity index (χ0v) is 9.07. The minimum atomic E-state index is -3.74. The van der Waals surface area contributed by atoms with Crippen molar-refractivity contribution in [2.75, 3.05) is 6.61 Å². The summed E-state index contributed by atoms with van der Waals surface area (Å²) in [5.74, 6) is 0. The maximum absolute atomic E-state index is 11.6. The SMILES string of the molecule is CCO/C(N)=N/S(=O)(=O)c1ccccc1. The third-order valence-electron chi connectivity index (χ3n) is 1.54.